The molecule has 3 aliphatic rings. The van der Waals surface area contributed by atoms with Crippen LogP contribution in [0.4, 0.5) is 0 Å². The second kappa shape index (κ2) is 9.29. The molecule has 5 rings (SSSR count). The topological polar surface area (TPSA) is 108 Å². The van der Waals surface area contributed by atoms with Crippen LogP contribution in [0.15, 0.2) is 42.5 Å². The van der Waals surface area contributed by atoms with Crippen molar-refractivity contribution < 1.29 is 23.9 Å². The highest BCUT2D eigenvalue weighted by Gasteiger charge is 2.52. The van der Waals surface area contributed by atoms with Gasteiger partial charge in [0.1, 0.15) is 17.8 Å². The molecule has 0 saturated carbocycles. The van der Waals surface area contributed by atoms with Gasteiger partial charge in [-0.05, 0) is 62.6 Å². The Morgan fingerprint density at radius 3 is 2.56 bits per heavy atom. The third-order valence-electron chi connectivity index (χ3n) is 7.44. The maximum atomic E-state index is 13.7. The van der Waals surface area contributed by atoms with Crippen molar-refractivity contribution >= 4 is 23.6 Å². The van der Waals surface area contributed by atoms with Crippen LogP contribution in [0, 0.1) is 13.8 Å². The molecule has 0 aliphatic carbocycles. The Morgan fingerprint density at radius 2 is 1.83 bits per heavy atom. The lowest BCUT2D eigenvalue weighted by atomic mass is 10.0. The number of amides is 4. The van der Waals surface area contributed by atoms with Crippen LogP contribution in [0.1, 0.15) is 44.7 Å². The fourth-order valence-corrected chi connectivity index (χ4v) is 5.50. The van der Waals surface area contributed by atoms with Gasteiger partial charge in [0, 0.05) is 30.3 Å². The number of nitrogens with zero attached hydrogens (tertiary/aromatic N) is 2. The summed E-state index contributed by atoms with van der Waals surface area (Å²) in [6, 6.07) is 10.2. The van der Waals surface area contributed by atoms with E-state index >= 15 is 0 Å². The van der Waals surface area contributed by atoms with Crippen LogP contribution in [0.3, 0.4) is 0 Å². The van der Waals surface area contributed by atoms with Crippen LogP contribution in [0.2, 0.25) is 0 Å². The van der Waals surface area contributed by atoms with Gasteiger partial charge in [0.25, 0.3) is 11.8 Å². The fourth-order valence-electron chi connectivity index (χ4n) is 5.50. The third kappa shape index (κ3) is 4.19. The Labute approximate surface area is 209 Å². The second-order valence-electron chi connectivity index (χ2n) is 9.81. The molecule has 0 spiro atoms. The van der Waals surface area contributed by atoms with E-state index < -0.39 is 18.1 Å². The van der Waals surface area contributed by atoms with Crippen LogP contribution in [-0.2, 0) is 9.59 Å². The first kappa shape index (κ1) is 23.8. The smallest absolute Gasteiger partial charge is 0.254 e. The van der Waals surface area contributed by atoms with Gasteiger partial charge in [-0.1, -0.05) is 17.7 Å². The zero-order chi connectivity index (χ0) is 25.6. The van der Waals surface area contributed by atoms with Crippen molar-refractivity contribution in [1.82, 2.24) is 20.4 Å². The Balaban J connectivity index is 1.33. The van der Waals surface area contributed by atoms with E-state index in [1.807, 2.05) is 32.0 Å². The normalized spacial score (nSPS) is 25.1. The number of benzene rings is 2. The summed E-state index contributed by atoms with van der Waals surface area (Å²) in [5.74, 6) is -0.339. The molecule has 9 heteroatoms. The molecular formula is C27H30N4O5. The number of hydrogen-bond acceptors (Lipinski definition) is 5. The standard InChI is InChI=1S/C27H30N4O5/c1-15-4-5-16(2)20(12-15)24(32)28-18-13-22-25(33)29-21-10-11-30(23(21)27(35)31(22)14-18)26(34)17-6-8-19(36-3)9-7-17/h4-9,12,18,21-23H,10-11,13-14H2,1-3H3,(H,28,32)(H,29,33)/t18-,21-,22+,23-/m0/s1. The number of carbonyl (C=O) groups is 4. The van der Waals surface area contributed by atoms with Gasteiger partial charge in [-0.15, -0.1) is 0 Å². The van der Waals surface area contributed by atoms with Crippen LogP contribution in [-0.4, -0.2) is 77.8 Å². The molecule has 9 nitrogen and oxygen atoms in total. The van der Waals surface area contributed by atoms with Crippen molar-refractivity contribution in [3.05, 3.63) is 64.7 Å². The summed E-state index contributed by atoms with van der Waals surface area (Å²) in [4.78, 5) is 56.1. The van der Waals surface area contributed by atoms with Gasteiger partial charge in [-0.3, -0.25) is 19.2 Å². The predicted molar refractivity (Wildman–Crippen MR) is 132 cm³/mol. The Kier molecular flexibility index (Phi) is 6.15. The minimum atomic E-state index is -0.776. The van der Waals surface area contributed by atoms with Crippen molar-refractivity contribution in [2.24, 2.45) is 0 Å². The SMILES string of the molecule is COc1ccc(C(=O)N2CC[C@@H]3NC(=O)[C@H]4C[C@H](NC(=O)c5cc(C)ccc5C)CN4C(=O)[C@H]32)cc1. The highest BCUT2D eigenvalue weighted by molar-refractivity contribution is 6.01. The van der Waals surface area contributed by atoms with Crippen molar-refractivity contribution in [3.8, 4) is 5.75 Å². The van der Waals surface area contributed by atoms with Gasteiger partial charge in [0.2, 0.25) is 11.8 Å². The molecule has 3 aliphatic heterocycles. The molecule has 4 amide bonds. The van der Waals surface area contributed by atoms with E-state index in [9.17, 15) is 19.2 Å². The van der Waals surface area contributed by atoms with Gasteiger partial charge >= 0.3 is 0 Å². The molecular weight excluding hydrogens is 460 g/mol. The van der Waals surface area contributed by atoms with Crippen LogP contribution < -0.4 is 15.4 Å². The lowest BCUT2D eigenvalue weighted by molar-refractivity contribution is -0.138. The van der Waals surface area contributed by atoms with Crippen molar-refractivity contribution in [3.63, 3.8) is 0 Å². The van der Waals surface area contributed by atoms with E-state index in [1.54, 1.807) is 36.3 Å². The second-order valence-corrected chi connectivity index (χ2v) is 9.81. The molecule has 2 aromatic carbocycles. The maximum absolute atomic E-state index is 13.7. The molecule has 3 saturated heterocycles. The van der Waals surface area contributed by atoms with E-state index in [2.05, 4.69) is 10.6 Å². The van der Waals surface area contributed by atoms with Crippen molar-refractivity contribution in [1.29, 1.82) is 0 Å². The summed E-state index contributed by atoms with van der Waals surface area (Å²) in [5, 5.41) is 6.00. The summed E-state index contributed by atoms with van der Waals surface area (Å²) in [6.07, 6.45) is 0.845. The van der Waals surface area contributed by atoms with Crippen LogP contribution >= 0.6 is 0 Å². The fraction of sp³-hybridized carbons (Fsp3) is 0.407. The van der Waals surface area contributed by atoms with E-state index in [0.29, 0.717) is 36.3 Å². The quantitative estimate of drug-likeness (QED) is 0.674. The van der Waals surface area contributed by atoms with Crippen molar-refractivity contribution in [2.75, 3.05) is 20.2 Å². The van der Waals surface area contributed by atoms with Gasteiger partial charge < -0.3 is 25.2 Å². The van der Waals surface area contributed by atoms with Gasteiger partial charge in [0.15, 0.2) is 0 Å². The highest BCUT2D eigenvalue weighted by Crippen LogP contribution is 2.30. The maximum Gasteiger partial charge on any atom is 0.254 e. The van der Waals surface area contributed by atoms with Gasteiger partial charge in [-0.2, -0.15) is 0 Å². The first-order valence-corrected chi connectivity index (χ1v) is 12.2. The predicted octanol–water partition coefficient (Wildman–Crippen LogP) is 1.42. The lowest BCUT2D eigenvalue weighted by Gasteiger charge is -2.29. The summed E-state index contributed by atoms with van der Waals surface area (Å²) in [6.45, 7) is 4.40. The number of aryl methyl sites for hydroxylation is 2. The zero-order valence-electron chi connectivity index (χ0n) is 20.6. The number of likely N-dealkylation sites (tertiary alicyclic amines) is 1. The Hall–Kier alpha value is -3.88. The van der Waals surface area contributed by atoms with Gasteiger partial charge in [-0.25, -0.2) is 0 Å². The molecule has 2 aromatic rings. The number of hydrogen-bond donors (Lipinski definition) is 2. The minimum Gasteiger partial charge on any atom is -0.497 e. The van der Waals surface area contributed by atoms with E-state index in [1.165, 1.54) is 4.90 Å². The van der Waals surface area contributed by atoms with Crippen LogP contribution in [0.5, 0.6) is 5.75 Å². The first-order valence-electron chi connectivity index (χ1n) is 12.2. The number of methoxy groups -OCH3 is 1. The average Bonchev–Trinajstić information content (AvgIpc) is 3.47. The van der Waals surface area contributed by atoms with Crippen molar-refractivity contribution in [2.45, 2.75) is 50.9 Å². The molecule has 36 heavy (non-hydrogen) atoms. The Morgan fingerprint density at radius 1 is 1.08 bits per heavy atom. The molecule has 0 unspecified atom stereocenters. The number of rotatable bonds is 4. The van der Waals surface area contributed by atoms with E-state index in [-0.39, 0.29) is 36.2 Å². The molecule has 188 valence electrons. The summed E-state index contributed by atoms with van der Waals surface area (Å²) in [7, 11) is 1.55. The lowest BCUT2D eigenvalue weighted by Crippen LogP contribution is -2.52. The summed E-state index contributed by atoms with van der Waals surface area (Å²) < 4.78 is 5.17. The summed E-state index contributed by atoms with van der Waals surface area (Å²) >= 11 is 0. The van der Waals surface area contributed by atoms with Crippen LogP contribution in [0.25, 0.3) is 0 Å². The molecule has 0 bridgehead atoms. The Bertz CT molecular complexity index is 1230. The molecule has 4 atom stereocenters. The zero-order valence-corrected chi connectivity index (χ0v) is 20.6. The molecule has 0 radical (unpaired) electrons. The minimum absolute atomic E-state index is 0.221. The molecule has 3 heterocycles. The molecule has 3 fully saturated rings. The third-order valence-corrected chi connectivity index (χ3v) is 7.44. The number of ether oxygens (including phenoxy) is 1. The largest absolute Gasteiger partial charge is 0.497 e. The number of nitrogens with one attached hydrogen (secondary N) is 2. The van der Waals surface area contributed by atoms with E-state index in [4.69, 9.17) is 4.74 Å². The van der Waals surface area contributed by atoms with Gasteiger partial charge in [0.05, 0.1) is 13.2 Å². The molecule has 2 N–H and O–H groups in total. The van der Waals surface area contributed by atoms with E-state index in [0.717, 1.165) is 11.1 Å². The monoisotopic (exact) mass is 490 g/mol. The molecule has 0 aromatic heterocycles. The summed E-state index contributed by atoms with van der Waals surface area (Å²) in [5.41, 5.74) is 2.88. The highest BCUT2D eigenvalue weighted by atomic mass is 16.5. The number of fused-ring (bicyclic) bond motifs is 2. The average molecular weight is 491 g/mol. The first-order chi connectivity index (χ1) is 17.3. The number of carbonyl (C=O) groups excluding carboxylic acids is 4.